The van der Waals surface area contributed by atoms with Crippen LogP contribution in [0.15, 0.2) is 9.85 Å². The first-order valence-electron chi connectivity index (χ1n) is 5.12. The van der Waals surface area contributed by atoms with Crippen LogP contribution in [0.1, 0.15) is 35.5 Å². The van der Waals surface area contributed by atoms with Gasteiger partial charge in [0.1, 0.15) is 5.54 Å². The zero-order valence-electron chi connectivity index (χ0n) is 9.83. The van der Waals surface area contributed by atoms with E-state index in [1.165, 1.54) is 18.3 Å². The van der Waals surface area contributed by atoms with Crippen LogP contribution in [0.3, 0.4) is 0 Å². The Kier molecular flexibility index (Phi) is 4.32. The Morgan fingerprint density at radius 2 is 2.18 bits per heavy atom. The van der Waals surface area contributed by atoms with Crippen molar-refractivity contribution in [2.75, 3.05) is 0 Å². The number of rotatable bonds is 4. The van der Waals surface area contributed by atoms with Gasteiger partial charge in [-0.2, -0.15) is 0 Å². The molecule has 0 spiro atoms. The highest BCUT2D eigenvalue weighted by Crippen LogP contribution is 2.27. The highest BCUT2D eigenvalue weighted by atomic mass is 79.9. The third kappa shape index (κ3) is 3.07. The molecule has 6 heteroatoms. The molecule has 0 radical (unpaired) electrons. The summed E-state index contributed by atoms with van der Waals surface area (Å²) in [5.41, 5.74) is -0.254. The van der Waals surface area contributed by atoms with Gasteiger partial charge in [0.15, 0.2) is 0 Å². The quantitative estimate of drug-likeness (QED) is 0.896. The van der Waals surface area contributed by atoms with Crippen molar-refractivity contribution in [1.82, 2.24) is 5.32 Å². The molecule has 2 N–H and O–H groups in total. The molecule has 0 aliphatic rings. The summed E-state index contributed by atoms with van der Waals surface area (Å²) in [6.45, 7) is 5.11. The maximum absolute atomic E-state index is 11.9. The minimum atomic E-state index is -1.22. The number of amides is 1. The molecular weight excluding hydrogens is 306 g/mol. The van der Waals surface area contributed by atoms with Gasteiger partial charge in [-0.15, -0.1) is 11.3 Å². The summed E-state index contributed by atoms with van der Waals surface area (Å²) in [6, 6.07) is 1.74. The van der Waals surface area contributed by atoms with Gasteiger partial charge in [-0.25, -0.2) is 4.79 Å². The second-order valence-corrected chi connectivity index (χ2v) is 6.38. The Labute approximate surface area is 112 Å². The van der Waals surface area contributed by atoms with Crippen molar-refractivity contribution >= 4 is 39.1 Å². The van der Waals surface area contributed by atoms with Crippen LogP contribution in [-0.4, -0.2) is 22.5 Å². The van der Waals surface area contributed by atoms with Crippen LogP contribution in [0, 0.1) is 6.92 Å². The number of carboxylic acid groups (broad SMARTS) is 1. The molecule has 4 nitrogen and oxygen atoms in total. The van der Waals surface area contributed by atoms with E-state index in [-0.39, 0.29) is 5.91 Å². The fourth-order valence-electron chi connectivity index (χ4n) is 1.18. The third-order valence-corrected chi connectivity index (χ3v) is 4.78. The lowest BCUT2D eigenvalue weighted by Crippen LogP contribution is -2.51. The number of aryl methyl sites for hydroxylation is 1. The van der Waals surface area contributed by atoms with Crippen molar-refractivity contribution in [3.8, 4) is 0 Å². The molecule has 1 unspecified atom stereocenters. The third-order valence-electron chi connectivity index (χ3n) is 2.65. The van der Waals surface area contributed by atoms with Crippen molar-refractivity contribution in [3.63, 3.8) is 0 Å². The van der Waals surface area contributed by atoms with Gasteiger partial charge in [-0.3, -0.25) is 4.79 Å². The zero-order chi connectivity index (χ0) is 13.2. The normalized spacial score (nSPS) is 14.1. The second kappa shape index (κ2) is 5.18. The molecule has 1 atom stereocenters. The van der Waals surface area contributed by atoms with Crippen molar-refractivity contribution in [3.05, 3.63) is 20.3 Å². The van der Waals surface area contributed by atoms with E-state index < -0.39 is 11.5 Å². The molecular formula is C11H14BrNO3S. The summed E-state index contributed by atoms with van der Waals surface area (Å²) >= 11 is 4.63. The average molecular weight is 320 g/mol. The lowest BCUT2D eigenvalue weighted by atomic mass is 9.99. The lowest BCUT2D eigenvalue weighted by Gasteiger charge is -2.24. The molecule has 0 aliphatic carbocycles. The Bertz CT molecular complexity index is 438. The maximum atomic E-state index is 11.9. The van der Waals surface area contributed by atoms with Crippen LogP contribution in [0.2, 0.25) is 0 Å². The van der Waals surface area contributed by atoms with E-state index in [1.54, 1.807) is 13.0 Å². The van der Waals surface area contributed by atoms with Gasteiger partial charge >= 0.3 is 5.97 Å². The predicted octanol–water partition coefficient (Wildman–Crippen LogP) is 2.80. The number of hydrogen-bond donors (Lipinski definition) is 2. The largest absolute Gasteiger partial charge is 0.480 e. The number of aliphatic carboxylic acids is 1. The molecule has 0 saturated heterocycles. The highest BCUT2D eigenvalue weighted by Gasteiger charge is 2.33. The first-order valence-corrected chi connectivity index (χ1v) is 6.73. The molecule has 0 aliphatic heterocycles. The fraction of sp³-hybridized carbons (Fsp3) is 0.455. The van der Waals surface area contributed by atoms with Crippen LogP contribution < -0.4 is 5.32 Å². The van der Waals surface area contributed by atoms with E-state index in [1.807, 2.05) is 6.92 Å². The molecule has 94 valence electrons. The van der Waals surface area contributed by atoms with Gasteiger partial charge < -0.3 is 10.4 Å². The zero-order valence-corrected chi connectivity index (χ0v) is 12.2. The van der Waals surface area contributed by atoms with Gasteiger partial charge in [0.05, 0.1) is 8.66 Å². The Morgan fingerprint density at radius 3 is 2.53 bits per heavy atom. The molecule has 0 bridgehead atoms. The Morgan fingerprint density at radius 1 is 1.59 bits per heavy atom. The lowest BCUT2D eigenvalue weighted by molar-refractivity contribution is -0.143. The standard InChI is InChI=1S/C11H14BrNO3S/c1-4-11(3,10(15)16)13-9(14)7-5-6(2)8(12)17-7/h5H,4H2,1-3H3,(H,13,14)(H,15,16). The molecule has 1 aromatic rings. The van der Waals surface area contributed by atoms with Crippen LogP contribution in [0.5, 0.6) is 0 Å². The topological polar surface area (TPSA) is 66.4 Å². The Balaban J connectivity index is 2.89. The second-order valence-electron chi connectivity index (χ2n) is 4.01. The number of halogens is 1. The van der Waals surface area contributed by atoms with Crippen molar-refractivity contribution < 1.29 is 14.7 Å². The van der Waals surface area contributed by atoms with Gasteiger partial charge in [-0.05, 0) is 47.8 Å². The monoisotopic (exact) mass is 319 g/mol. The van der Waals surface area contributed by atoms with Crippen molar-refractivity contribution in [2.24, 2.45) is 0 Å². The van der Waals surface area contributed by atoms with E-state index >= 15 is 0 Å². The molecule has 1 aromatic heterocycles. The maximum Gasteiger partial charge on any atom is 0.329 e. The summed E-state index contributed by atoms with van der Waals surface area (Å²) in [5.74, 6) is -1.38. The molecule has 0 fully saturated rings. The number of thiophene rings is 1. The highest BCUT2D eigenvalue weighted by molar-refractivity contribution is 9.11. The van der Waals surface area contributed by atoms with Gasteiger partial charge in [0, 0.05) is 0 Å². The van der Waals surface area contributed by atoms with E-state index in [4.69, 9.17) is 5.11 Å². The van der Waals surface area contributed by atoms with E-state index in [2.05, 4.69) is 21.2 Å². The van der Waals surface area contributed by atoms with Crippen LogP contribution in [0.25, 0.3) is 0 Å². The fourth-order valence-corrected chi connectivity index (χ4v) is 2.61. The minimum Gasteiger partial charge on any atom is -0.480 e. The number of hydrogen-bond acceptors (Lipinski definition) is 3. The van der Waals surface area contributed by atoms with Crippen LogP contribution in [-0.2, 0) is 4.79 Å². The number of carboxylic acids is 1. The number of carbonyl (C=O) groups excluding carboxylic acids is 1. The Hall–Kier alpha value is -0.880. The minimum absolute atomic E-state index is 0.333. The van der Waals surface area contributed by atoms with Gasteiger partial charge in [-0.1, -0.05) is 6.92 Å². The molecule has 1 rings (SSSR count). The van der Waals surface area contributed by atoms with E-state index in [9.17, 15) is 9.59 Å². The predicted molar refractivity (Wildman–Crippen MR) is 70.6 cm³/mol. The van der Waals surface area contributed by atoms with Crippen molar-refractivity contribution in [1.29, 1.82) is 0 Å². The van der Waals surface area contributed by atoms with Crippen LogP contribution in [0.4, 0.5) is 0 Å². The van der Waals surface area contributed by atoms with Crippen molar-refractivity contribution in [2.45, 2.75) is 32.7 Å². The summed E-state index contributed by atoms with van der Waals surface area (Å²) < 4.78 is 0.885. The summed E-state index contributed by atoms with van der Waals surface area (Å²) in [4.78, 5) is 23.5. The molecule has 0 saturated carbocycles. The van der Waals surface area contributed by atoms with Crippen LogP contribution >= 0.6 is 27.3 Å². The molecule has 1 heterocycles. The summed E-state index contributed by atoms with van der Waals surface area (Å²) in [6.07, 6.45) is 0.333. The average Bonchev–Trinajstić information content (AvgIpc) is 2.59. The summed E-state index contributed by atoms with van der Waals surface area (Å²) in [5, 5.41) is 11.6. The van der Waals surface area contributed by atoms with E-state index in [0.29, 0.717) is 11.3 Å². The SMILES string of the molecule is CCC(C)(NC(=O)c1cc(C)c(Br)s1)C(=O)O. The molecule has 1 amide bonds. The first-order chi connectivity index (χ1) is 7.80. The molecule has 0 aromatic carbocycles. The van der Waals surface area contributed by atoms with Gasteiger partial charge in [0.2, 0.25) is 0 Å². The van der Waals surface area contributed by atoms with Gasteiger partial charge in [0.25, 0.3) is 5.91 Å². The summed E-state index contributed by atoms with van der Waals surface area (Å²) in [7, 11) is 0. The van der Waals surface area contributed by atoms with E-state index in [0.717, 1.165) is 9.35 Å². The smallest absolute Gasteiger partial charge is 0.329 e. The number of carbonyl (C=O) groups is 2. The number of nitrogens with one attached hydrogen (secondary N) is 1. The first kappa shape index (κ1) is 14.2. The molecule has 17 heavy (non-hydrogen) atoms.